The maximum Gasteiger partial charge on any atom is 0.251 e. The number of hydrogen-bond donors (Lipinski definition) is 2. The van der Waals surface area contributed by atoms with Gasteiger partial charge < -0.3 is 15.4 Å². The Bertz CT molecular complexity index is 699. The Balaban J connectivity index is 1.59. The Morgan fingerprint density at radius 1 is 1.25 bits per heavy atom. The zero-order valence-corrected chi connectivity index (χ0v) is 13.4. The first-order valence-electron chi connectivity index (χ1n) is 8.19. The summed E-state index contributed by atoms with van der Waals surface area (Å²) in [6.45, 7) is 2.11. The molecular formula is C19H21FN2O2. The first kappa shape index (κ1) is 16.5. The number of rotatable bonds is 5. The predicted molar refractivity (Wildman–Crippen MR) is 90.5 cm³/mol. The summed E-state index contributed by atoms with van der Waals surface area (Å²) >= 11 is 0. The standard InChI is InChI=1S/C19H21FN2O2/c20-16-6-2-8-18(11-16)24-13-14-4-1-5-15(10-14)19(23)22-17-7-3-9-21-12-17/h1-2,4-6,8,10-11,17,21H,3,7,9,12-13H2,(H,22,23). The van der Waals surface area contributed by atoms with E-state index in [0.29, 0.717) is 11.3 Å². The number of carbonyl (C=O) groups is 1. The highest BCUT2D eigenvalue weighted by Crippen LogP contribution is 2.15. The highest BCUT2D eigenvalue weighted by molar-refractivity contribution is 5.94. The van der Waals surface area contributed by atoms with Crippen molar-refractivity contribution in [3.63, 3.8) is 0 Å². The second-order valence-electron chi connectivity index (χ2n) is 5.96. The molecule has 2 aromatic carbocycles. The Kier molecular flexibility index (Phi) is 5.43. The van der Waals surface area contributed by atoms with Crippen molar-refractivity contribution < 1.29 is 13.9 Å². The Morgan fingerprint density at radius 3 is 2.92 bits per heavy atom. The first-order chi connectivity index (χ1) is 11.7. The van der Waals surface area contributed by atoms with Gasteiger partial charge in [0, 0.05) is 24.2 Å². The average Bonchev–Trinajstić information content (AvgIpc) is 2.61. The molecule has 1 heterocycles. The van der Waals surface area contributed by atoms with E-state index in [0.717, 1.165) is 31.5 Å². The summed E-state index contributed by atoms with van der Waals surface area (Å²) in [7, 11) is 0. The molecule has 5 heteroatoms. The lowest BCUT2D eigenvalue weighted by Crippen LogP contribution is -2.45. The summed E-state index contributed by atoms with van der Waals surface area (Å²) in [5.41, 5.74) is 1.48. The summed E-state index contributed by atoms with van der Waals surface area (Å²) in [6.07, 6.45) is 2.08. The normalized spacial score (nSPS) is 17.3. The van der Waals surface area contributed by atoms with Crippen LogP contribution in [0.15, 0.2) is 48.5 Å². The van der Waals surface area contributed by atoms with E-state index in [1.807, 2.05) is 18.2 Å². The van der Waals surface area contributed by atoms with Crippen molar-refractivity contribution >= 4 is 5.91 Å². The minimum absolute atomic E-state index is 0.0729. The third-order valence-electron chi connectivity index (χ3n) is 4.02. The highest BCUT2D eigenvalue weighted by atomic mass is 19.1. The van der Waals surface area contributed by atoms with E-state index in [2.05, 4.69) is 10.6 Å². The maximum absolute atomic E-state index is 13.1. The number of benzene rings is 2. The van der Waals surface area contributed by atoms with E-state index >= 15 is 0 Å². The highest BCUT2D eigenvalue weighted by Gasteiger charge is 2.16. The van der Waals surface area contributed by atoms with Crippen LogP contribution < -0.4 is 15.4 Å². The molecule has 1 aliphatic rings. The second kappa shape index (κ2) is 7.93. The summed E-state index contributed by atoms with van der Waals surface area (Å²) in [6, 6.07) is 13.5. The molecule has 1 saturated heterocycles. The SMILES string of the molecule is O=C(NC1CCCNC1)c1cccc(COc2cccc(F)c2)c1. The van der Waals surface area contributed by atoms with Crippen LogP contribution in [0, 0.1) is 5.82 Å². The van der Waals surface area contributed by atoms with Gasteiger partial charge in [-0.1, -0.05) is 18.2 Å². The van der Waals surface area contributed by atoms with Gasteiger partial charge >= 0.3 is 0 Å². The van der Waals surface area contributed by atoms with Crippen LogP contribution >= 0.6 is 0 Å². The predicted octanol–water partition coefficient (Wildman–Crippen LogP) is 2.89. The van der Waals surface area contributed by atoms with Crippen molar-refractivity contribution in [3.05, 3.63) is 65.5 Å². The molecule has 1 aliphatic heterocycles. The third kappa shape index (κ3) is 4.55. The molecule has 3 rings (SSSR count). The number of piperidine rings is 1. The Labute approximate surface area is 141 Å². The monoisotopic (exact) mass is 328 g/mol. The molecule has 0 bridgehead atoms. The van der Waals surface area contributed by atoms with Crippen molar-refractivity contribution in [2.24, 2.45) is 0 Å². The minimum Gasteiger partial charge on any atom is -0.489 e. The van der Waals surface area contributed by atoms with Crippen molar-refractivity contribution in [2.75, 3.05) is 13.1 Å². The molecule has 0 aliphatic carbocycles. The molecule has 0 saturated carbocycles. The smallest absolute Gasteiger partial charge is 0.251 e. The van der Waals surface area contributed by atoms with E-state index in [1.165, 1.54) is 12.1 Å². The van der Waals surface area contributed by atoms with Crippen LogP contribution in [0.4, 0.5) is 4.39 Å². The molecule has 0 spiro atoms. The number of nitrogens with one attached hydrogen (secondary N) is 2. The largest absolute Gasteiger partial charge is 0.489 e. The van der Waals surface area contributed by atoms with Gasteiger partial charge in [0.15, 0.2) is 0 Å². The van der Waals surface area contributed by atoms with Gasteiger partial charge in [-0.2, -0.15) is 0 Å². The van der Waals surface area contributed by atoms with Crippen LogP contribution in [-0.4, -0.2) is 25.0 Å². The van der Waals surface area contributed by atoms with E-state index in [4.69, 9.17) is 4.74 Å². The van der Waals surface area contributed by atoms with Gasteiger partial charge in [0.2, 0.25) is 0 Å². The average molecular weight is 328 g/mol. The molecule has 1 unspecified atom stereocenters. The molecule has 1 amide bonds. The van der Waals surface area contributed by atoms with Gasteiger partial charge in [-0.25, -0.2) is 4.39 Å². The fourth-order valence-electron chi connectivity index (χ4n) is 2.77. The summed E-state index contributed by atoms with van der Waals surface area (Å²) < 4.78 is 18.7. The summed E-state index contributed by atoms with van der Waals surface area (Å²) in [4.78, 5) is 12.4. The molecule has 2 N–H and O–H groups in total. The fourth-order valence-corrected chi connectivity index (χ4v) is 2.77. The minimum atomic E-state index is -0.332. The van der Waals surface area contributed by atoms with Gasteiger partial charge in [0.05, 0.1) is 0 Å². The molecule has 24 heavy (non-hydrogen) atoms. The van der Waals surface area contributed by atoms with Gasteiger partial charge in [0.25, 0.3) is 5.91 Å². The Hall–Kier alpha value is -2.40. The van der Waals surface area contributed by atoms with Gasteiger partial charge in [-0.15, -0.1) is 0 Å². The van der Waals surface area contributed by atoms with Crippen molar-refractivity contribution in [1.82, 2.24) is 10.6 Å². The lowest BCUT2D eigenvalue weighted by molar-refractivity contribution is 0.0930. The van der Waals surface area contributed by atoms with Crippen molar-refractivity contribution in [3.8, 4) is 5.75 Å². The molecule has 4 nitrogen and oxygen atoms in total. The molecule has 1 atom stereocenters. The molecule has 1 fully saturated rings. The van der Waals surface area contributed by atoms with E-state index in [-0.39, 0.29) is 24.4 Å². The zero-order valence-electron chi connectivity index (χ0n) is 13.4. The summed E-state index contributed by atoms with van der Waals surface area (Å²) in [5.74, 6) is 0.0659. The topological polar surface area (TPSA) is 50.4 Å². The quantitative estimate of drug-likeness (QED) is 0.887. The van der Waals surface area contributed by atoms with Gasteiger partial charge in [-0.05, 0) is 49.2 Å². The summed E-state index contributed by atoms with van der Waals surface area (Å²) in [5, 5.41) is 6.33. The zero-order chi connectivity index (χ0) is 16.8. The fraction of sp³-hybridized carbons (Fsp3) is 0.316. The van der Waals surface area contributed by atoms with Gasteiger partial charge in [0.1, 0.15) is 18.2 Å². The number of halogens is 1. The van der Waals surface area contributed by atoms with Crippen LogP contribution in [0.1, 0.15) is 28.8 Å². The maximum atomic E-state index is 13.1. The lowest BCUT2D eigenvalue weighted by atomic mass is 10.1. The van der Waals surface area contributed by atoms with Crippen LogP contribution in [0.3, 0.4) is 0 Å². The second-order valence-corrected chi connectivity index (χ2v) is 5.96. The number of hydrogen-bond acceptors (Lipinski definition) is 3. The molecule has 2 aromatic rings. The Morgan fingerprint density at radius 2 is 2.12 bits per heavy atom. The molecular weight excluding hydrogens is 307 g/mol. The number of ether oxygens (including phenoxy) is 1. The third-order valence-corrected chi connectivity index (χ3v) is 4.02. The number of carbonyl (C=O) groups excluding carboxylic acids is 1. The molecule has 0 aromatic heterocycles. The van der Waals surface area contributed by atoms with E-state index in [9.17, 15) is 9.18 Å². The van der Waals surface area contributed by atoms with E-state index in [1.54, 1.807) is 18.2 Å². The van der Waals surface area contributed by atoms with Crippen LogP contribution in [0.2, 0.25) is 0 Å². The molecule has 126 valence electrons. The van der Waals surface area contributed by atoms with Crippen molar-refractivity contribution in [2.45, 2.75) is 25.5 Å². The van der Waals surface area contributed by atoms with Crippen LogP contribution in [-0.2, 0) is 6.61 Å². The van der Waals surface area contributed by atoms with E-state index < -0.39 is 0 Å². The van der Waals surface area contributed by atoms with Crippen LogP contribution in [0.5, 0.6) is 5.75 Å². The number of amides is 1. The van der Waals surface area contributed by atoms with Crippen molar-refractivity contribution in [1.29, 1.82) is 0 Å². The van der Waals surface area contributed by atoms with Gasteiger partial charge in [-0.3, -0.25) is 4.79 Å². The molecule has 0 radical (unpaired) electrons. The first-order valence-corrected chi connectivity index (χ1v) is 8.19. The lowest BCUT2D eigenvalue weighted by Gasteiger charge is -2.23. The van der Waals surface area contributed by atoms with Crippen LogP contribution in [0.25, 0.3) is 0 Å².